The topological polar surface area (TPSA) is 84.2 Å². The first-order chi connectivity index (χ1) is 9.61. The van der Waals surface area contributed by atoms with Gasteiger partial charge in [0.25, 0.3) is 5.91 Å². The van der Waals surface area contributed by atoms with E-state index >= 15 is 0 Å². The summed E-state index contributed by atoms with van der Waals surface area (Å²) in [5.41, 5.74) is 6.68. The van der Waals surface area contributed by atoms with Crippen molar-refractivity contribution < 1.29 is 9.59 Å². The highest BCUT2D eigenvalue weighted by Gasteiger charge is 2.38. The lowest BCUT2D eigenvalue weighted by atomic mass is 10.2. The molecule has 0 spiro atoms. The number of hydrogen-bond donors (Lipinski definition) is 3. The van der Waals surface area contributed by atoms with Crippen molar-refractivity contribution in [2.24, 2.45) is 17.6 Å². The van der Waals surface area contributed by atoms with Gasteiger partial charge in [0, 0.05) is 23.7 Å². The van der Waals surface area contributed by atoms with E-state index in [4.69, 9.17) is 5.73 Å². The van der Waals surface area contributed by atoms with Crippen LogP contribution in [0.25, 0.3) is 0 Å². The minimum Gasteiger partial charge on any atom is -0.352 e. The molecule has 0 aromatic heterocycles. The molecule has 0 saturated heterocycles. The van der Waals surface area contributed by atoms with Crippen LogP contribution in [0, 0.1) is 11.8 Å². The van der Waals surface area contributed by atoms with Gasteiger partial charge in [0.15, 0.2) is 0 Å². The van der Waals surface area contributed by atoms with E-state index < -0.39 is 0 Å². The quantitative estimate of drug-likeness (QED) is 0.685. The largest absolute Gasteiger partial charge is 0.352 e. The lowest BCUT2D eigenvalue weighted by Crippen LogP contribution is -2.25. The second kappa shape index (κ2) is 6.52. The second-order valence-corrected chi connectivity index (χ2v) is 5.28. The maximum atomic E-state index is 11.8. The Morgan fingerprint density at radius 3 is 2.50 bits per heavy atom. The molecule has 5 heteroatoms. The van der Waals surface area contributed by atoms with Crippen LogP contribution in [0.4, 0.5) is 5.69 Å². The van der Waals surface area contributed by atoms with Gasteiger partial charge in [-0.2, -0.15) is 0 Å². The van der Waals surface area contributed by atoms with Gasteiger partial charge in [0.1, 0.15) is 0 Å². The van der Waals surface area contributed by atoms with Crippen LogP contribution in [-0.2, 0) is 4.79 Å². The maximum Gasteiger partial charge on any atom is 0.251 e. The van der Waals surface area contributed by atoms with Crippen LogP contribution in [0.15, 0.2) is 24.3 Å². The molecule has 1 aliphatic rings. The molecule has 2 rings (SSSR count). The molecule has 1 saturated carbocycles. The number of anilines is 1. The highest BCUT2D eigenvalue weighted by Crippen LogP contribution is 2.38. The van der Waals surface area contributed by atoms with Gasteiger partial charge < -0.3 is 16.4 Å². The van der Waals surface area contributed by atoms with E-state index in [2.05, 4.69) is 17.6 Å². The Morgan fingerprint density at radius 1 is 1.30 bits per heavy atom. The maximum absolute atomic E-state index is 11.8. The Morgan fingerprint density at radius 2 is 1.95 bits per heavy atom. The molecular weight excluding hydrogens is 254 g/mol. The van der Waals surface area contributed by atoms with Crippen LogP contribution >= 0.6 is 0 Å². The molecule has 1 aromatic carbocycles. The number of carbonyl (C=O) groups excluding carboxylic acids is 2. The smallest absolute Gasteiger partial charge is 0.251 e. The molecule has 0 heterocycles. The zero-order chi connectivity index (χ0) is 14.5. The fraction of sp³-hybridized carbons (Fsp3) is 0.467. The Labute approximate surface area is 118 Å². The highest BCUT2D eigenvalue weighted by atomic mass is 16.2. The fourth-order valence-electron chi connectivity index (χ4n) is 2.03. The molecule has 0 radical (unpaired) electrons. The van der Waals surface area contributed by atoms with Crippen molar-refractivity contribution in [3.05, 3.63) is 29.8 Å². The number of carbonyl (C=O) groups is 2. The third-order valence-electron chi connectivity index (χ3n) is 3.53. The summed E-state index contributed by atoms with van der Waals surface area (Å²) in [5.74, 6) is 0.585. The first-order valence-electron chi connectivity index (χ1n) is 7.01. The molecular formula is C15H21N3O2. The molecule has 0 aliphatic heterocycles. The lowest BCUT2D eigenvalue weighted by Gasteiger charge is -2.07. The van der Waals surface area contributed by atoms with Crippen molar-refractivity contribution in [1.29, 1.82) is 0 Å². The summed E-state index contributed by atoms with van der Waals surface area (Å²) in [4.78, 5) is 23.6. The van der Waals surface area contributed by atoms with E-state index in [0.717, 1.165) is 18.5 Å². The molecule has 5 nitrogen and oxygen atoms in total. The average Bonchev–Trinajstić information content (AvgIpc) is 3.17. The number of nitrogens with one attached hydrogen (secondary N) is 2. The molecule has 108 valence electrons. The van der Waals surface area contributed by atoms with E-state index in [0.29, 0.717) is 24.6 Å². The van der Waals surface area contributed by atoms with Crippen molar-refractivity contribution in [1.82, 2.24) is 5.32 Å². The molecule has 2 unspecified atom stereocenters. The number of benzene rings is 1. The van der Waals surface area contributed by atoms with Crippen LogP contribution < -0.4 is 16.4 Å². The molecule has 2 amide bonds. The summed E-state index contributed by atoms with van der Waals surface area (Å²) in [5, 5.41) is 5.65. The van der Waals surface area contributed by atoms with Crippen LogP contribution in [0.2, 0.25) is 0 Å². The third kappa shape index (κ3) is 3.81. The monoisotopic (exact) mass is 275 g/mol. The van der Waals surface area contributed by atoms with Gasteiger partial charge in [-0.15, -0.1) is 0 Å². The highest BCUT2D eigenvalue weighted by molar-refractivity contribution is 5.96. The van der Waals surface area contributed by atoms with Gasteiger partial charge in [-0.05, 0) is 49.6 Å². The lowest BCUT2D eigenvalue weighted by molar-refractivity contribution is -0.117. The first-order valence-corrected chi connectivity index (χ1v) is 7.01. The van der Waals surface area contributed by atoms with Crippen LogP contribution in [0.3, 0.4) is 0 Å². The minimum absolute atomic E-state index is 0.0673. The van der Waals surface area contributed by atoms with Crippen molar-refractivity contribution in [2.45, 2.75) is 19.8 Å². The molecule has 20 heavy (non-hydrogen) atoms. The summed E-state index contributed by atoms with van der Waals surface area (Å²) in [7, 11) is 0. The molecule has 4 N–H and O–H groups in total. The standard InChI is InChI=1S/C15H21N3O2/c1-10-9-13(10)15(20)18-12-5-3-11(4-6-12)14(19)17-8-2-7-16/h3-6,10,13H,2,7-9,16H2,1H3,(H,17,19)(H,18,20). The van der Waals surface area contributed by atoms with E-state index in [1.807, 2.05) is 0 Å². The summed E-state index contributed by atoms with van der Waals surface area (Å²) in [6.07, 6.45) is 1.73. The van der Waals surface area contributed by atoms with E-state index in [9.17, 15) is 9.59 Å². The Balaban J connectivity index is 1.86. The second-order valence-electron chi connectivity index (χ2n) is 5.28. The molecule has 1 fully saturated rings. The van der Waals surface area contributed by atoms with Crippen molar-refractivity contribution in [3.8, 4) is 0 Å². The fourth-order valence-corrected chi connectivity index (χ4v) is 2.03. The van der Waals surface area contributed by atoms with Gasteiger partial charge in [-0.1, -0.05) is 6.92 Å². The predicted molar refractivity (Wildman–Crippen MR) is 78.3 cm³/mol. The number of nitrogens with two attached hydrogens (primary N) is 1. The van der Waals surface area contributed by atoms with Gasteiger partial charge in [-0.25, -0.2) is 0 Å². The van der Waals surface area contributed by atoms with Crippen LogP contribution in [0.1, 0.15) is 30.1 Å². The molecule has 1 aromatic rings. The Bertz CT molecular complexity index is 484. The average molecular weight is 275 g/mol. The molecule has 2 atom stereocenters. The van der Waals surface area contributed by atoms with Gasteiger partial charge in [0.05, 0.1) is 0 Å². The SMILES string of the molecule is CC1CC1C(=O)Nc1ccc(C(=O)NCCCN)cc1. The van der Waals surface area contributed by atoms with Crippen LogP contribution in [-0.4, -0.2) is 24.9 Å². The summed E-state index contributed by atoms with van der Waals surface area (Å²) in [6.45, 7) is 3.21. The van der Waals surface area contributed by atoms with E-state index in [-0.39, 0.29) is 17.7 Å². The Hall–Kier alpha value is -1.88. The van der Waals surface area contributed by atoms with Gasteiger partial charge in [-0.3, -0.25) is 9.59 Å². The summed E-state index contributed by atoms with van der Waals surface area (Å²) in [6, 6.07) is 6.93. The molecule has 0 bridgehead atoms. The normalized spacial score (nSPS) is 20.3. The Kier molecular flexibility index (Phi) is 4.74. The van der Waals surface area contributed by atoms with Gasteiger partial charge >= 0.3 is 0 Å². The summed E-state index contributed by atoms with van der Waals surface area (Å²) >= 11 is 0. The minimum atomic E-state index is -0.118. The number of hydrogen-bond acceptors (Lipinski definition) is 3. The predicted octanol–water partition coefficient (Wildman–Crippen LogP) is 1.36. The zero-order valence-electron chi connectivity index (χ0n) is 11.7. The van der Waals surface area contributed by atoms with Crippen LogP contribution in [0.5, 0.6) is 0 Å². The van der Waals surface area contributed by atoms with Gasteiger partial charge in [0.2, 0.25) is 5.91 Å². The van der Waals surface area contributed by atoms with Crippen molar-refractivity contribution in [3.63, 3.8) is 0 Å². The summed E-state index contributed by atoms with van der Waals surface area (Å²) < 4.78 is 0. The number of amides is 2. The molecule has 1 aliphatic carbocycles. The van der Waals surface area contributed by atoms with Crippen molar-refractivity contribution in [2.75, 3.05) is 18.4 Å². The first kappa shape index (κ1) is 14.5. The van der Waals surface area contributed by atoms with E-state index in [1.54, 1.807) is 24.3 Å². The van der Waals surface area contributed by atoms with Crippen molar-refractivity contribution >= 4 is 17.5 Å². The van der Waals surface area contributed by atoms with E-state index in [1.165, 1.54) is 0 Å². The zero-order valence-corrected chi connectivity index (χ0v) is 11.7. The third-order valence-corrected chi connectivity index (χ3v) is 3.53. The number of rotatable bonds is 6.